The summed E-state index contributed by atoms with van der Waals surface area (Å²) in [4.78, 5) is 5.43. The summed E-state index contributed by atoms with van der Waals surface area (Å²) in [5, 5.41) is 5.01. The van der Waals surface area contributed by atoms with E-state index in [9.17, 15) is 0 Å². The van der Waals surface area contributed by atoms with Gasteiger partial charge >= 0.3 is 0 Å². The summed E-state index contributed by atoms with van der Waals surface area (Å²) in [5.74, 6) is 0. The summed E-state index contributed by atoms with van der Waals surface area (Å²) < 4.78 is 4.76. The summed E-state index contributed by atoms with van der Waals surface area (Å²) in [5.41, 5.74) is 20.3. The van der Waals surface area contributed by atoms with E-state index >= 15 is 0 Å². The zero-order valence-electron chi connectivity index (χ0n) is 37.2. The van der Waals surface area contributed by atoms with Crippen molar-refractivity contribution in [2.24, 2.45) is 0 Å². The SMILES string of the molecule is c1ccc(-c2cccc(-c3ccc(-c4cc(-c5ccc(-c6cccc(-n7c8ccccc8c8ccccc87)c6)cc5)cc(-c5cccc(-n6c7ccccc7c7ccccc76)c5)n4)cc3)c2)cc1. The number of hydrogen-bond acceptors (Lipinski definition) is 1. The Kier molecular flexibility index (Phi) is 9.50. The average molecular weight is 866 g/mol. The topological polar surface area (TPSA) is 22.8 Å². The highest BCUT2D eigenvalue weighted by atomic mass is 15.0. The fraction of sp³-hybridized carbons (Fsp3) is 0. The molecule has 0 amide bonds. The molecule has 0 saturated heterocycles. The Bertz CT molecular complexity index is 3900. The van der Waals surface area contributed by atoms with Crippen molar-refractivity contribution in [2.45, 2.75) is 0 Å². The van der Waals surface area contributed by atoms with Crippen LogP contribution >= 0.6 is 0 Å². The van der Waals surface area contributed by atoms with Crippen LogP contribution in [-0.2, 0) is 0 Å². The van der Waals surface area contributed by atoms with Gasteiger partial charge in [0.05, 0.1) is 33.5 Å². The lowest BCUT2D eigenvalue weighted by atomic mass is 9.96. The second-order valence-corrected chi connectivity index (χ2v) is 17.6. The molecular formula is C65H43N3. The second-order valence-electron chi connectivity index (χ2n) is 17.6. The van der Waals surface area contributed by atoms with Gasteiger partial charge in [0.2, 0.25) is 0 Å². The first-order valence-electron chi connectivity index (χ1n) is 23.3. The van der Waals surface area contributed by atoms with Gasteiger partial charge in [-0.3, -0.25) is 0 Å². The number of nitrogens with zero attached hydrogens (tertiary/aromatic N) is 3. The van der Waals surface area contributed by atoms with E-state index in [0.717, 1.165) is 50.6 Å². The third-order valence-corrected chi connectivity index (χ3v) is 13.5. The van der Waals surface area contributed by atoms with E-state index < -0.39 is 0 Å². The first kappa shape index (κ1) is 39.3. The van der Waals surface area contributed by atoms with Crippen LogP contribution in [-0.4, -0.2) is 14.1 Å². The van der Waals surface area contributed by atoms with Crippen molar-refractivity contribution in [1.82, 2.24) is 14.1 Å². The molecule has 0 aliphatic carbocycles. The van der Waals surface area contributed by atoms with Crippen LogP contribution < -0.4 is 0 Å². The summed E-state index contributed by atoms with van der Waals surface area (Å²) in [6.45, 7) is 0. The number of aromatic nitrogens is 3. The molecule has 13 aromatic rings. The summed E-state index contributed by atoms with van der Waals surface area (Å²) >= 11 is 0. The molecule has 3 nitrogen and oxygen atoms in total. The molecule has 10 aromatic carbocycles. The van der Waals surface area contributed by atoms with Gasteiger partial charge in [-0.1, -0.05) is 194 Å². The Morgan fingerprint density at radius 3 is 1.01 bits per heavy atom. The molecule has 3 heteroatoms. The van der Waals surface area contributed by atoms with Crippen molar-refractivity contribution in [3.8, 4) is 78.4 Å². The predicted octanol–water partition coefficient (Wildman–Crippen LogP) is 17.3. The highest BCUT2D eigenvalue weighted by Gasteiger charge is 2.16. The van der Waals surface area contributed by atoms with Crippen molar-refractivity contribution in [3.63, 3.8) is 0 Å². The van der Waals surface area contributed by atoms with Crippen molar-refractivity contribution < 1.29 is 0 Å². The molecule has 0 N–H and O–H groups in total. The minimum atomic E-state index is 0.919. The normalized spacial score (nSPS) is 11.5. The summed E-state index contributed by atoms with van der Waals surface area (Å²) in [6, 6.07) is 94.1. The molecule has 3 heterocycles. The molecule has 0 spiro atoms. The lowest BCUT2D eigenvalue weighted by Crippen LogP contribution is -1.96. The van der Waals surface area contributed by atoms with Crippen LogP contribution in [0.2, 0.25) is 0 Å². The average Bonchev–Trinajstić information content (AvgIpc) is 3.94. The Morgan fingerprint density at radius 1 is 0.206 bits per heavy atom. The van der Waals surface area contributed by atoms with Crippen LogP contribution in [0.25, 0.3) is 122 Å². The van der Waals surface area contributed by atoms with E-state index in [0.29, 0.717) is 0 Å². The predicted molar refractivity (Wildman–Crippen MR) is 286 cm³/mol. The number of hydrogen-bond donors (Lipinski definition) is 0. The van der Waals surface area contributed by atoms with E-state index in [1.807, 2.05) is 0 Å². The Labute approximate surface area is 395 Å². The monoisotopic (exact) mass is 865 g/mol. The molecule has 0 fully saturated rings. The molecule has 318 valence electrons. The van der Waals surface area contributed by atoms with Crippen LogP contribution in [0.1, 0.15) is 0 Å². The molecular weight excluding hydrogens is 823 g/mol. The van der Waals surface area contributed by atoms with Gasteiger partial charge < -0.3 is 9.13 Å². The second kappa shape index (κ2) is 16.4. The molecule has 13 rings (SSSR count). The molecule has 0 unspecified atom stereocenters. The lowest BCUT2D eigenvalue weighted by molar-refractivity contribution is 1.18. The first-order valence-corrected chi connectivity index (χ1v) is 23.3. The van der Waals surface area contributed by atoms with Crippen molar-refractivity contribution in [3.05, 3.63) is 261 Å². The standard InChI is InChI=1S/C65H43N3/c1-2-15-44(16-3-1)49-17-12-18-50(39-49)45-35-37-48(38-36-45)60-42-53(43-61(66-60)52-20-14-22-55(41-52)68-64-29-10-6-25-58(64)59-26-7-11-30-65(59)68)47-33-31-46(32-34-47)51-19-13-21-54(40-51)67-62-27-8-4-23-56(62)57-24-5-9-28-63(57)67/h1-43H. The highest BCUT2D eigenvalue weighted by molar-refractivity contribution is 6.10. The Morgan fingerprint density at radius 2 is 0.529 bits per heavy atom. The molecule has 0 bridgehead atoms. The maximum Gasteiger partial charge on any atom is 0.0716 e. The summed E-state index contributed by atoms with van der Waals surface area (Å²) in [7, 11) is 0. The highest BCUT2D eigenvalue weighted by Crippen LogP contribution is 2.38. The number of fused-ring (bicyclic) bond motifs is 6. The van der Waals surface area contributed by atoms with E-state index in [4.69, 9.17) is 4.98 Å². The van der Waals surface area contributed by atoms with Gasteiger partial charge in [0, 0.05) is 44.0 Å². The maximum atomic E-state index is 5.43. The van der Waals surface area contributed by atoms with E-state index in [1.165, 1.54) is 71.4 Å². The van der Waals surface area contributed by atoms with Crippen molar-refractivity contribution >= 4 is 43.6 Å². The zero-order chi connectivity index (χ0) is 45.0. The zero-order valence-corrected chi connectivity index (χ0v) is 37.2. The molecule has 68 heavy (non-hydrogen) atoms. The molecule has 0 saturated carbocycles. The molecule has 3 aromatic heterocycles. The number of benzene rings is 10. The van der Waals surface area contributed by atoms with Gasteiger partial charge in [-0.15, -0.1) is 0 Å². The van der Waals surface area contributed by atoms with Gasteiger partial charge in [-0.25, -0.2) is 4.98 Å². The van der Waals surface area contributed by atoms with Gasteiger partial charge in [0.1, 0.15) is 0 Å². The number of para-hydroxylation sites is 4. The smallest absolute Gasteiger partial charge is 0.0716 e. The van der Waals surface area contributed by atoms with Gasteiger partial charge in [-0.05, 0) is 111 Å². The van der Waals surface area contributed by atoms with E-state index in [1.54, 1.807) is 0 Å². The van der Waals surface area contributed by atoms with Crippen LogP contribution in [0.3, 0.4) is 0 Å². The van der Waals surface area contributed by atoms with Crippen LogP contribution in [0.15, 0.2) is 261 Å². The van der Waals surface area contributed by atoms with Crippen LogP contribution in [0.5, 0.6) is 0 Å². The minimum absolute atomic E-state index is 0.919. The number of pyridine rings is 1. The first-order chi connectivity index (χ1) is 33.7. The van der Waals surface area contributed by atoms with E-state index in [2.05, 4.69) is 270 Å². The quantitative estimate of drug-likeness (QED) is 0.149. The maximum absolute atomic E-state index is 5.43. The molecule has 0 aliphatic rings. The lowest BCUT2D eigenvalue weighted by Gasteiger charge is -2.14. The van der Waals surface area contributed by atoms with Gasteiger partial charge in [0.15, 0.2) is 0 Å². The molecule has 0 aliphatic heterocycles. The van der Waals surface area contributed by atoms with Crippen molar-refractivity contribution in [1.29, 1.82) is 0 Å². The van der Waals surface area contributed by atoms with Crippen LogP contribution in [0, 0.1) is 0 Å². The van der Waals surface area contributed by atoms with Crippen LogP contribution in [0.4, 0.5) is 0 Å². The minimum Gasteiger partial charge on any atom is -0.309 e. The fourth-order valence-electron chi connectivity index (χ4n) is 10.2. The van der Waals surface area contributed by atoms with Gasteiger partial charge in [0.25, 0.3) is 0 Å². The fourth-order valence-corrected chi connectivity index (χ4v) is 10.2. The Hall–Kier alpha value is -9.05. The Balaban J connectivity index is 0.899. The third kappa shape index (κ3) is 6.88. The van der Waals surface area contributed by atoms with E-state index in [-0.39, 0.29) is 0 Å². The molecule has 0 atom stereocenters. The van der Waals surface area contributed by atoms with Crippen molar-refractivity contribution in [2.75, 3.05) is 0 Å². The number of rotatable bonds is 8. The van der Waals surface area contributed by atoms with Gasteiger partial charge in [-0.2, -0.15) is 0 Å². The molecule has 0 radical (unpaired) electrons. The largest absolute Gasteiger partial charge is 0.309 e. The summed E-state index contributed by atoms with van der Waals surface area (Å²) in [6.07, 6.45) is 0. The third-order valence-electron chi connectivity index (χ3n) is 13.5.